The van der Waals surface area contributed by atoms with E-state index in [0.717, 1.165) is 5.56 Å². The summed E-state index contributed by atoms with van der Waals surface area (Å²) in [5.41, 5.74) is 1.09. The number of aliphatic hydroxyl groups is 2. The third kappa shape index (κ3) is 5.72. The van der Waals surface area contributed by atoms with E-state index in [1.165, 1.54) is 0 Å². The van der Waals surface area contributed by atoms with Crippen molar-refractivity contribution in [3.8, 4) is 0 Å². The molecule has 0 aromatic heterocycles. The van der Waals surface area contributed by atoms with Crippen LogP contribution in [-0.4, -0.2) is 42.0 Å². The molecule has 5 nitrogen and oxygen atoms in total. The Balaban J connectivity index is 2.49. The molecule has 2 atom stereocenters. The summed E-state index contributed by atoms with van der Waals surface area (Å²) in [6.07, 6.45) is 0.597. The number of benzene rings is 1. The number of carbonyl (C=O) groups is 1. The number of nitrogens with one attached hydrogen (secondary N) is 2. The highest BCUT2D eigenvalue weighted by molar-refractivity contribution is 5.74. The third-order valence-electron chi connectivity index (χ3n) is 2.91. The zero-order valence-corrected chi connectivity index (χ0v) is 11.2. The van der Waals surface area contributed by atoms with Crippen LogP contribution in [0.25, 0.3) is 0 Å². The van der Waals surface area contributed by atoms with Gasteiger partial charge >= 0.3 is 6.03 Å². The molecule has 2 amide bonds. The maximum atomic E-state index is 11.6. The Morgan fingerprint density at radius 2 is 1.95 bits per heavy atom. The first kappa shape index (κ1) is 15.5. The molecule has 0 aliphatic heterocycles. The van der Waals surface area contributed by atoms with Gasteiger partial charge in [0.15, 0.2) is 0 Å². The molecule has 19 heavy (non-hydrogen) atoms. The van der Waals surface area contributed by atoms with E-state index in [0.29, 0.717) is 13.0 Å². The molecule has 0 aliphatic carbocycles. The van der Waals surface area contributed by atoms with Crippen LogP contribution in [0.15, 0.2) is 30.3 Å². The van der Waals surface area contributed by atoms with E-state index < -0.39 is 0 Å². The molecule has 0 aliphatic rings. The summed E-state index contributed by atoms with van der Waals surface area (Å²) >= 11 is 0. The van der Waals surface area contributed by atoms with Gasteiger partial charge in [-0.05, 0) is 18.9 Å². The number of hydrogen-bond acceptors (Lipinski definition) is 3. The minimum Gasteiger partial charge on any atom is -0.396 e. The minimum absolute atomic E-state index is 0.0793. The molecule has 1 aromatic rings. The summed E-state index contributed by atoms with van der Waals surface area (Å²) < 4.78 is 0. The van der Waals surface area contributed by atoms with E-state index >= 15 is 0 Å². The molecule has 2 unspecified atom stereocenters. The first-order valence-corrected chi connectivity index (χ1v) is 6.48. The van der Waals surface area contributed by atoms with Gasteiger partial charge in [0.05, 0.1) is 12.6 Å². The molecule has 0 spiro atoms. The molecular weight excluding hydrogens is 244 g/mol. The van der Waals surface area contributed by atoms with E-state index in [9.17, 15) is 4.79 Å². The van der Waals surface area contributed by atoms with Crippen molar-refractivity contribution in [3.05, 3.63) is 35.9 Å². The fourth-order valence-electron chi connectivity index (χ4n) is 1.80. The topological polar surface area (TPSA) is 81.6 Å². The maximum Gasteiger partial charge on any atom is 0.315 e. The summed E-state index contributed by atoms with van der Waals surface area (Å²) in [7, 11) is 0. The third-order valence-corrected chi connectivity index (χ3v) is 2.91. The second-order valence-electron chi connectivity index (χ2n) is 4.56. The first-order chi connectivity index (χ1) is 9.17. The van der Waals surface area contributed by atoms with Crippen molar-refractivity contribution in [2.24, 2.45) is 0 Å². The SMILES string of the molecule is CC(CO)NC(=O)NCC(CCO)c1ccccc1. The van der Waals surface area contributed by atoms with Gasteiger partial charge in [0.1, 0.15) is 0 Å². The van der Waals surface area contributed by atoms with Gasteiger partial charge in [-0.2, -0.15) is 0 Å². The predicted octanol–water partition coefficient (Wildman–Crippen LogP) is 0.833. The average Bonchev–Trinajstić information content (AvgIpc) is 2.44. The number of hydrogen-bond donors (Lipinski definition) is 4. The summed E-state index contributed by atoms with van der Waals surface area (Å²) in [5.74, 6) is 0.0846. The number of carbonyl (C=O) groups excluding carboxylic acids is 1. The molecule has 0 saturated carbocycles. The second-order valence-corrected chi connectivity index (χ2v) is 4.56. The van der Waals surface area contributed by atoms with Crippen molar-refractivity contribution < 1.29 is 15.0 Å². The first-order valence-electron chi connectivity index (χ1n) is 6.48. The van der Waals surface area contributed by atoms with Gasteiger partial charge in [-0.25, -0.2) is 4.79 Å². The van der Waals surface area contributed by atoms with Crippen LogP contribution in [0.1, 0.15) is 24.8 Å². The van der Waals surface area contributed by atoms with Crippen LogP contribution < -0.4 is 10.6 Å². The Morgan fingerprint density at radius 3 is 2.53 bits per heavy atom. The smallest absolute Gasteiger partial charge is 0.315 e. The van der Waals surface area contributed by atoms with E-state index in [1.807, 2.05) is 30.3 Å². The van der Waals surface area contributed by atoms with Crippen molar-refractivity contribution >= 4 is 6.03 Å². The summed E-state index contributed by atoms with van der Waals surface area (Å²) in [6.45, 7) is 2.17. The lowest BCUT2D eigenvalue weighted by Gasteiger charge is -2.18. The van der Waals surface area contributed by atoms with E-state index in [4.69, 9.17) is 10.2 Å². The van der Waals surface area contributed by atoms with Crippen LogP contribution >= 0.6 is 0 Å². The van der Waals surface area contributed by atoms with Crippen molar-refractivity contribution in [2.45, 2.75) is 25.3 Å². The fraction of sp³-hybridized carbons (Fsp3) is 0.500. The molecule has 5 heteroatoms. The molecule has 0 saturated heterocycles. The summed E-state index contributed by atoms with van der Waals surface area (Å²) in [4.78, 5) is 11.6. The Labute approximate surface area is 113 Å². The highest BCUT2D eigenvalue weighted by Gasteiger charge is 2.13. The minimum atomic E-state index is -0.305. The second kappa shape index (κ2) is 8.50. The van der Waals surface area contributed by atoms with E-state index in [-0.39, 0.29) is 31.2 Å². The van der Waals surface area contributed by atoms with Crippen molar-refractivity contribution in [2.75, 3.05) is 19.8 Å². The maximum absolute atomic E-state index is 11.6. The van der Waals surface area contributed by atoms with Crippen LogP contribution in [0.4, 0.5) is 4.79 Å². The zero-order valence-electron chi connectivity index (χ0n) is 11.2. The lowest BCUT2D eigenvalue weighted by molar-refractivity contribution is 0.219. The Kier molecular flexibility index (Phi) is 6.92. The van der Waals surface area contributed by atoms with E-state index in [2.05, 4.69) is 10.6 Å². The number of rotatable bonds is 7. The normalized spacial score (nSPS) is 13.6. The fourth-order valence-corrected chi connectivity index (χ4v) is 1.80. The quantitative estimate of drug-likeness (QED) is 0.590. The molecule has 106 valence electrons. The predicted molar refractivity (Wildman–Crippen MR) is 74.0 cm³/mol. The van der Waals surface area contributed by atoms with Crippen LogP contribution in [0.5, 0.6) is 0 Å². The average molecular weight is 266 g/mol. The van der Waals surface area contributed by atoms with Gasteiger partial charge in [-0.15, -0.1) is 0 Å². The van der Waals surface area contributed by atoms with Gasteiger partial charge < -0.3 is 20.8 Å². The lowest BCUT2D eigenvalue weighted by Crippen LogP contribution is -2.43. The monoisotopic (exact) mass is 266 g/mol. The van der Waals surface area contributed by atoms with Crippen LogP contribution in [-0.2, 0) is 0 Å². The zero-order chi connectivity index (χ0) is 14.1. The van der Waals surface area contributed by atoms with Gasteiger partial charge in [0.25, 0.3) is 0 Å². The highest BCUT2D eigenvalue weighted by atomic mass is 16.3. The molecule has 0 radical (unpaired) electrons. The van der Waals surface area contributed by atoms with Gasteiger partial charge in [0, 0.05) is 19.1 Å². The van der Waals surface area contributed by atoms with Crippen LogP contribution in [0.2, 0.25) is 0 Å². The van der Waals surface area contributed by atoms with Crippen LogP contribution in [0, 0.1) is 0 Å². The summed E-state index contributed by atoms with van der Waals surface area (Å²) in [6, 6.07) is 9.20. The standard InChI is InChI=1S/C14H22N2O3/c1-11(10-18)16-14(19)15-9-13(7-8-17)12-5-3-2-4-6-12/h2-6,11,13,17-18H,7-10H2,1H3,(H2,15,16,19). The molecular formula is C14H22N2O3. The lowest BCUT2D eigenvalue weighted by atomic mass is 9.96. The largest absolute Gasteiger partial charge is 0.396 e. The summed E-state index contributed by atoms with van der Waals surface area (Å²) in [5, 5.41) is 23.3. The van der Waals surface area contributed by atoms with Gasteiger partial charge in [-0.3, -0.25) is 0 Å². The molecule has 0 fully saturated rings. The Hall–Kier alpha value is -1.59. The van der Waals surface area contributed by atoms with Gasteiger partial charge in [0.2, 0.25) is 0 Å². The van der Waals surface area contributed by atoms with Crippen molar-refractivity contribution in [1.29, 1.82) is 0 Å². The molecule has 0 bridgehead atoms. The Morgan fingerprint density at radius 1 is 1.26 bits per heavy atom. The van der Waals surface area contributed by atoms with Crippen molar-refractivity contribution in [3.63, 3.8) is 0 Å². The number of aliphatic hydroxyl groups excluding tert-OH is 2. The number of urea groups is 1. The van der Waals surface area contributed by atoms with Gasteiger partial charge in [-0.1, -0.05) is 30.3 Å². The molecule has 1 rings (SSSR count). The molecule has 1 aromatic carbocycles. The molecule has 0 heterocycles. The van der Waals surface area contributed by atoms with Crippen LogP contribution in [0.3, 0.4) is 0 Å². The Bertz CT molecular complexity index is 370. The number of amides is 2. The van der Waals surface area contributed by atoms with E-state index in [1.54, 1.807) is 6.92 Å². The highest BCUT2D eigenvalue weighted by Crippen LogP contribution is 2.17. The van der Waals surface area contributed by atoms with Crippen molar-refractivity contribution in [1.82, 2.24) is 10.6 Å². The molecule has 4 N–H and O–H groups in total.